The summed E-state index contributed by atoms with van der Waals surface area (Å²) in [5, 5.41) is -0.444. The molecule has 98 valence electrons. The maximum atomic E-state index is 11.8. The molecule has 1 heterocycles. The zero-order chi connectivity index (χ0) is 13.5. The first-order chi connectivity index (χ1) is 8.29. The van der Waals surface area contributed by atoms with Crippen molar-refractivity contribution in [1.29, 1.82) is 0 Å². The molecule has 1 aliphatic heterocycles. The minimum absolute atomic E-state index is 0.0491. The van der Waals surface area contributed by atoms with E-state index in [-0.39, 0.29) is 18.9 Å². The monoisotopic (exact) mass is 307 g/mol. The highest BCUT2D eigenvalue weighted by molar-refractivity contribution is 8.14. The lowest BCUT2D eigenvalue weighted by atomic mass is 10.2. The molecule has 0 aromatic heterocycles. The van der Waals surface area contributed by atoms with E-state index in [1.54, 1.807) is 12.1 Å². The summed E-state index contributed by atoms with van der Waals surface area (Å²) in [7, 11) is 1.55. The van der Waals surface area contributed by atoms with Crippen molar-refractivity contribution >= 4 is 42.9 Å². The topological polar surface area (TPSA) is 54.5 Å². The Morgan fingerprint density at radius 3 is 2.56 bits per heavy atom. The fourth-order valence-corrected chi connectivity index (χ4v) is 3.29. The van der Waals surface area contributed by atoms with E-state index in [4.69, 9.17) is 22.3 Å². The van der Waals surface area contributed by atoms with Crippen LogP contribution in [0.4, 0.5) is 5.69 Å². The van der Waals surface area contributed by atoms with Crippen molar-refractivity contribution < 1.29 is 13.2 Å². The molecule has 1 amide bonds. The predicted octanol–water partition coefficient (Wildman–Crippen LogP) is 2.32. The summed E-state index contributed by atoms with van der Waals surface area (Å²) in [6.45, 7) is 1.93. The van der Waals surface area contributed by atoms with Crippen molar-refractivity contribution in [3.05, 3.63) is 28.8 Å². The molecule has 4 nitrogen and oxygen atoms in total. The Kier molecular flexibility index (Phi) is 3.58. The Balaban J connectivity index is 2.33. The minimum atomic E-state index is -3.73. The van der Waals surface area contributed by atoms with E-state index in [0.717, 1.165) is 5.56 Å². The summed E-state index contributed by atoms with van der Waals surface area (Å²) < 4.78 is 22.5. The Morgan fingerprint density at radius 2 is 2.06 bits per heavy atom. The Morgan fingerprint density at radius 1 is 1.39 bits per heavy atom. The number of halogens is 2. The van der Waals surface area contributed by atoms with Gasteiger partial charge in [-0.2, -0.15) is 0 Å². The first kappa shape index (κ1) is 13.6. The van der Waals surface area contributed by atoms with Gasteiger partial charge in [0.05, 0.1) is 10.7 Å². The summed E-state index contributed by atoms with van der Waals surface area (Å²) in [6, 6.07) is 5.25. The summed E-state index contributed by atoms with van der Waals surface area (Å²) in [4.78, 5) is 13.2. The van der Waals surface area contributed by atoms with Crippen LogP contribution in [-0.2, 0) is 13.8 Å². The Labute approximate surface area is 115 Å². The summed E-state index contributed by atoms with van der Waals surface area (Å²) in [5.74, 6) is -0.282. The number of hydrogen-bond donors (Lipinski definition) is 0. The van der Waals surface area contributed by atoms with E-state index < -0.39 is 14.3 Å². The molecule has 1 fully saturated rings. The molecule has 0 radical (unpaired) electrons. The van der Waals surface area contributed by atoms with Gasteiger partial charge in [-0.3, -0.25) is 4.79 Å². The molecule has 1 aromatic carbocycles. The van der Waals surface area contributed by atoms with Crippen molar-refractivity contribution in [1.82, 2.24) is 0 Å². The van der Waals surface area contributed by atoms with Crippen LogP contribution in [0.2, 0.25) is 5.02 Å². The SMILES string of the molecule is Cc1ccc(N2CC(S(=O)(=O)Cl)CC2=O)c(Cl)c1. The van der Waals surface area contributed by atoms with Crippen molar-refractivity contribution in [2.75, 3.05) is 11.4 Å². The van der Waals surface area contributed by atoms with Gasteiger partial charge in [-0.05, 0) is 24.6 Å². The number of hydrogen-bond acceptors (Lipinski definition) is 3. The van der Waals surface area contributed by atoms with Crippen molar-refractivity contribution in [2.45, 2.75) is 18.6 Å². The van der Waals surface area contributed by atoms with Crippen LogP contribution in [0.5, 0.6) is 0 Å². The normalized spacial score (nSPS) is 20.5. The largest absolute Gasteiger partial charge is 0.310 e. The zero-order valence-electron chi connectivity index (χ0n) is 9.56. The van der Waals surface area contributed by atoms with Gasteiger partial charge in [-0.25, -0.2) is 8.42 Å². The second-order valence-electron chi connectivity index (χ2n) is 4.26. The molecule has 0 spiro atoms. The molecule has 2 rings (SSSR count). The van der Waals surface area contributed by atoms with Gasteiger partial charge in [-0.15, -0.1) is 0 Å². The standard InChI is InChI=1S/C11H11Cl2NO3S/c1-7-2-3-10(9(12)4-7)14-6-8(5-11(14)15)18(13,16)17/h2-4,8H,5-6H2,1H3. The maximum Gasteiger partial charge on any atom is 0.237 e. The molecule has 1 aromatic rings. The van der Waals surface area contributed by atoms with Gasteiger partial charge in [0.15, 0.2) is 0 Å². The third-order valence-electron chi connectivity index (χ3n) is 2.88. The molecule has 1 saturated heterocycles. The fraction of sp³-hybridized carbons (Fsp3) is 0.364. The molecule has 1 unspecified atom stereocenters. The van der Waals surface area contributed by atoms with Crippen LogP contribution in [0, 0.1) is 6.92 Å². The van der Waals surface area contributed by atoms with Gasteiger partial charge in [-0.1, -0.05) is 17.7 Å². The van der Waals surface area contributed by atoms with Gasteiger partial charge in [0.1, 0.15) is 5.25 Å². The minimum Gasteiger partial charge on any atom is -0.310 e. The van der Waals surface area contributed by atoms with Crippen LogP contribution < -0.4 is 4.90 Å². The average molecular weight is 308 g/mol. The van der Waals surface area contributed by atoms with Crippen LogP contribution in [-0.4, -0.2) is 26.1 Å². The van der Waals surface area contributed by atoms with E-state index in [2.05, 4.69) is 0 Å². The lowest BCUT2D eigenvalue weighted by Crippen LogP contribution is -2.26. The van der Waals surface area contributed by atoms with Gasteiger partial charge in [0.2, 0.25) is 15.0 Å². The molecule has 0 saturated carbocycles. The number of benzene rings is 1. The van der Waals surface area contributed by atoms with Crippen LogP contribution in [0.25, 0.3) is 0 Å². The van der Waals surface area contributed by atoms with Crippen molar-refractivity contribution in [3.8, 4) is 0 Å². The lowest BCUT2D eigenvalue weighted by molar-refractivity contribution is -0.117. The molecule has 1 atom stereocenters. The first-order valence-corrected chi connectivity index (χ1v) is 8.04. The number of amides is 1. The Bertz CT molecular complexity index is 600. The highest BCUT2D eigenvalue weighted by Crippen LogP contribution is 2.32. The van der Waals surface area contributed by atoms with E-state index in [1.165, 1.54) is 4.90 Å². The number of rotatable bonds is 2. The average Bonchev–Trinajstić information content (AvgIpc) is 2.60. The fourth-order valence-electron chi connectivity index (χ4n) is 1.93. The summed E-state index contributed by atoms with van der Waals surface area (Å²) >= 11 is 6.06. The number of nitrogens with zero attached hydrogens (tertiary/aromatic N) is 1. The molecule has 1 aliphatic rings. The third kappa shape index (κ3) is 2.63. The number of aryl methyl sites for hydroxylation is 1. The quantitative estimate of drug-likeness (QED) is 0.788. The summed E-state index contributed by atoms with van der Waals surface area (Å²) in [5.41, 5.74) is 1.49. The van der Waals surface area contributed by atoms with E-state index in [9.17, 15) is 13.2 Å². The highest BCUT2D eigenvalue weighted by Gasteiger charge is 2.38. The predicted molar refractivity (Wildman–Crippen MR) is 71.7 cm³/mol. The molecule has 0 N–H and O–H groups in total. The number of carbonyl (C=O) groups excluding carboxylic acids is 1. The van der Waals surface area contributed by atoms with Gasteiger partial charge in [0, 0.05) is 23.6 Å². The Hall–Kier alpha value is -0.780. The van der Waals surface area contributed by atoms with Gasteiger partial charge < -0.3 is 4.90 Å². The van der Waals surface area contributed by atoms with Crippen LogP contribution in [0.15, 0.2) is 18.2 Å². The molecule has 0 aliphatic carbocycles. The van der Waals surface area contributed by atoms with Crippen LogP contribution >= 0.6 is 22.3 Å². The second-order valence-corrected chi connectivity index (χ2v) is 7.58. The maximum absolute atomic E-state index is 11.8. The molecular weight excluding hydrogens is 297 g/mol. The molecule has 0 bridgehead atoms. The third-order valence-corrected chi connectivity index (χ3v) is 5.05. The van der Waals surface area contributed by atoms with Crippen LogP contribution in [0.3, 0.4) is 0 Å². The van der Waals surface area contributed by atoms with Crippen molar-refractivity contribution in [3.63, 3.8) is 0 Å². The number of anilines is 1. The first-order valence-electron chi connectivity index (χ1n) is 5.29. The molecule has 18 heavy (non-hydrogen) atoms. The number of carbonyl (C=O) groups is 1. The highest BCUT2D eigenvalue weighted by atomic mass is 35.7. The zero-order valence-corrected chi connectivity index (χ0v) is 11.9. The lowest BCUT2D eigenvalue weighted by Gasteiger charge is -2.18. The molecule has 7 heteroatoms. The second kappa shape index (κ2) is 4.72. The van der Waals surface area contributed by atoms with E-state index in [1.807, 2.05) is 13.0 Å². The summed E-state index contributed by atoms with van der Waals surface area (Å²) in [6.07, 6.45) is -0.101. The van der Waals surface area contributed by atoms with E-state index >= 15 is 0 Å². The molecular formula is C11H11Cl2NO3S. The van der Waals surface area contributed by atoms with Crippen LogP contribution in [0.1, 0.15) is 12.0 Å². The van der Waals surface area contributed by atoms with Gasteiger partial charge in [0.25, 0.3) is 0 Å². The van der Waals surface area contributed by atoms with E-state index in [0.29, 0.717) is 10.7 Å². The van der Waals surface area contributed by atoms with Gasteiger partial charge >= 0.3 is 0 Å². The van der Waals surface area contributed by atoms with Crippen molar-refractivity contribution in [2.24, 2.45) is 0 Å². The smallest absolute Gasteiger partial charge is 0.237 e.